The number of rotatable bonds is 5. The lowest BCUT2D eigenvalue weighted by atomic mass is 10.2. The standard InChI is InChI=1S/C11H13N3O8S/c1-21-11-9(13(15)16)6-8(7-10(11)14(17)18)23(19,20)12-2-4-22-5-3-12/h6-7H,2-5H2,1H3. The Hall–Kier alpha value is -2.31. The first-order valence-electron chi connectivity index (χ1n) is 6.37. The van der Waals surface area contributed by atoms with Gasteiger partial charge >= 0.3 is 11.4 Å². The van der Waals surface area contributed by atoms with Crippen LogP contribution in [0.1, 0.15) is 0 Å². The van der Waals surface area contributed by atoms with Gasteiger partial charge in [0.1, 0.15) is 0 Å². The van der Waals surface area contributed by atoms with Crippen LogP contribution in [0, 0.1) is 20.2 Å². The van der Waals surface area contributed by atoms with Crippen molar-refractivity contribution < 1.29 is 27.7 Å². The van der Waals surface area contributed by atoms with E-state index in [0.29, 0.717) is 0 Å². The zero-order valence-electron chi connectivity index (χ0n) is 12.0. The molecule has 0 unspecified atom stereocenters. The summed E-state index contributed by atoms with van der Waals surface area (Å²) in [6.45, 7) is 0.491. The number of sulfonamides is 1. The molecule has 0 spiro atoms. The Labute approximate surface area is 130 Å². The van der Waals surface area contributed by atoms with Gasteiger partial charge in [0.25, 0.3) is 5.75 Å². The fraction of sp³-hybridized carbons (Fsp3) is 0.455. The first kappa shape index (κ1) is 17.1. The van der Waals surface area contributed by atoms with E-state index in [1.54, 1.807) is 0 Å². The number of nitro groups is 2. The molecule has 11 nitrogen and oxygen atoms in total. The molecule has 0 saturated carbocycles. The molecule has 1 aromatic carbocycles. The molecule has 2 rings (SSSR count). The molecule has 126 valence electrons. The number of hydrogen-bond donors (Lipinski definition) is 0. The summed E-state index contributed by atoms with van der Waals surface area (Å²) in [5.74, 6) is -0.596. The van der Waals surface area contributed by atoms with Crippen LogP contribution in [0.3, 0.4) is 0 Å². The summed E-state index contributed by atoms with van der Waals surface area (Å²) in [5, 5.41) is 22.2. The topological polar surface area (TPSA) is 142 Å². The Morgan fingerprint density at radius 3 is 2.00 bits per heavy atom. The molecule has 0 aliphatic carbocycles. The third-order valence-corrected chi connectivity index (χ3v) is 5.10. The highest BCUT2D eigenvalue weighted by Gasteiger charge is 2.34. The maximum atomic E-state index is 12.5. The van der Waals surface area contributed by atoms with Crippen LogP contribution in [0.5, 0.6) is 5.75 Å². The highest BCUT2D eigenvalue weighted by atomic mass is 32.2. The monoisotopic (exact) mass is 347 g/mol. The Bertz CT molecular complexity index is 707. The number of ether oxygens (including phenoxy) is 2. The summed E-state index contributed by atoms with van der Waals surface area (Å²) >= 11 is 0. The fourth-order valence-corrected chi connectivity index (χ4v) is 3.59. The zero-order valence-corrected chi connectivity index (χ0v) is 12.8. The minimum Gasteiger partial charge on any atom is -0.485 e. The molecule has 0 amide bonds. The van der Waals surface area contributed by atoms with Crippen molar-refractivity contribution in [2.24, 2.45) is 0 Å². The van der Waals surface area contributed by atoms with Crippen LogP contribution in [0.4, 0.5) is 11.4 Å². The largest absolute Gasteiger partial charge is 0.485 e. The summed E-state index contributed by atoms with van der Waals surface area (Å²) in [6, 6.07) is 1.52. The highest BCUT2D eigenvalue weighted by molar-refractivity contribution is 7.89. The maximum Gasteiger partial charge on any atom is 0.319 e. The minimum atomic E-state index is -4.11. The molecule has 1 heterocycles. The predicted molar refractivity (Wildman–Crippen MR) is 75.9 cm³/mol. The third kappa shape index (κ3) is 3.23. The van der Waals surface area contributed by atoms with Crippen molar-refractivity contribution in [3.05, 3.63) is 32.4 Å². The molecule has 0 bridgehead atoms. The van der Waals surface area contributed by atoms with E-state index in [1.165, 1.54) is 0 Å². The van der Waals surface area contributed by atoms with Crippen LogP contribution in [0.25, 0.3) is 0 Å². The average Bonchev–Trinajstić information content (AvgIpc) is 2.54. The van der Waals surface area contributed by atoms with Gasteiger partial charge in [-0.3, -0.25) is 20.2 Å². The van der Waals surface area contributed by atoms with Gasteiger partial charge in [0.15, 0.2) is 0 Å². The Morgan fingerprint density at radius 2 is 1.61 bits per heavy atom. The number of nitrogens with zero attached hydrogens (tertiary/aromatic N) is 3. The van der Waals surface area contributed by atoms with Gasteiger partial charge in [0.2, 0.25) is 10.0 Å². The molecular formula is C11H13N3O8S. The Kier molecular flexibility index (Phi) is 4.77. The molecule has 1 fully saturated rings. The second-order valence-corrected chi connectivity index (χ2v) is 6.46. The van der Waals surface area contributed by atoms with Crippen LogP contribution < -0.4 is 4.74 Å². The number of methoxy groups -OCH3 is 1. The van der Waals surface area contributed by atoms with Gasteiger partial charge in [-0.25, -0.2) is 8.42 Å². The van der Waals surface area contributed by atoms with Crippen molar-refractivity contribution in [3.63, 3.8) is 0 Å². The van der Waals surface area contributed by atoms with Crippen molar-refractivity contribution in [1.82, 2.24) is 4.31 Å². The highest BCUT2D eigenvalue weighted by Crippen LogP contribution is 2.39. The van der Waals surface area contributed by atoms with E-state index in [2.05, 4.69) is 0 Å². The molecule has 1 aromatic rings. The first-order chi connectivity index (χ1) is 10.8. The van der Waals surface area contributed by atoms with Crippen molar-refractivity contribution in [1.29, 1.82) is 0 Å². The van der Waals surface area contributed by atoms with Crippen LogP contribution in [0.15, 0.2) is 17.0 Å². The van der Waals surface area contributed by atoms with Gasteiger partial charge in [0, 0.05) is 25.2 Å². The number of nitro benzene ring substituents is 2. The summed E-state index contributed by atoms with van der Waals surface area (Å²) < 4.78 is 35.9. The van der Waals surface area contributed by atoms with Crippen LogP contribution >= 0.6 is 0 Å². The van der Waals surface area contributed by atoms with E-state index in [4.69, 9.17) is 9.47 Å². The van der Waals surface area contributed by atoms with Crippen LogP contribution in [0.2, 0.25) is 0 Å². The lowest BCUT2D eigenvalue weighted by molar-refractivity contribution is -0.396. The van der Waals surface area contributed by atoms with Gasteiger partial charge in [-0.1, -0.05) is 0 Å². The molecule has 12 heteroatoms. The third-order valence-electron chi connectivity index (χ3n) is 3.23. The molecule has 1 saturated heterocycles. The maximum absolute atomic E-state index is 12.5. The Morgan fingerprint density at radius 1 is 1.13 bits per heavy atom. The van der Waals surface area contributed by atoms with Crippen molar-refractivity contribution in [2.45, 2.75) is 4.90 Å². The van der Waals surface area contributed by atoms with E-state index in [0.717, 1.165) is 23.5 Å². The van der Waals surface area contributed by atoms with Gasteiger partial charge in [-0.05, 0) is 0 Å². The molecule has 23 heavy (non-hydrogen) atoms. The van der Waals surface area contributed by atoms with Crippen molar-refractivity contribution in [2.75, 3.05) is 33.4 Å². The quantitative estimate of drug-likeness (QED) is 0.554. The van der Waals surface area contributed by atoms with E-state index < -0.39 is 41.9 Å². The summed E-state index contributed by atoms with van der Waals surface area (Å²) in [4.78, 5) is 19.8. The van der Waals surface area contributed by atoms with E-state index >= 15 is 0 Å². The van der Waals surface area contributed by atoms with Gasteiger partial charge in [-0.15, -0.1) is 0 Å². The zero-order chi connectivity index (χ0) is 17.2. The van der Waals surface area contributed by atoms with Crippen LogP contribution in [-0.4, -0.2) is 56.0 Å². The smallest absolute Gasteiger partial charge is 0.319 e. The second kappa shape index (κ2) is 6.44. The van der Waals surface area contributed by atoms with E-state index in [9.17, 15) is 28.6 Å². The minimum absolute atomic E-state index is 0.0654. The number of hydrogen-bond acceptors (Lipinski definition) is 8. The fourth-order valence-electron chi connectivity index (χ4n) is 2.14. The van der Waals surface area contributed by atoms with E-state index in [-0.39, 0.29) is 26.3 Å². The van der Waals surface area contributed by atoms with Gasteiger partial charge in [-0.2, -0.15) is 4.31 Å². The number of benzene rings is 1. The van der Waals surface area contributed by atoms with Crippen molar-refractivity contribution in [3.8, 4) is 5.75 Å². The van der Waals surface area contributed by atoms with Gasteiger partial charge in [0.05, 0.1) is 35.1 Å². The average molecular weight is 347 g/mol. The predicted octanol–water partition coefficient (Wildman–Crippen LogP) is 0.532. The molecule has 0 N–H and O–H groups in total. The molecule has 0 radical (unpaired) electrons. The van der Waals surface area contributed by atoms with Crippen molar-refractivity contribution >= 4 is 21.4 Å². The lowest BCUT2D eigenvalue weighted by Crippen LogP contribution is -2.40. The molecule has 1 aliphatic heterocycles. The molecule has 1 aliphatic rings. The summed E-state index contributed by atoms with van der Waals surface area (Å²) in [7, 11) is -3.08. The normalized spacial score (nSPS) is 16.0. The van der Waals surface area contributed by atoms with Crippen LogP contribution in [-0.2, 0) is 14.8 Å². The number of morpholine rings is 1. The first-order valence-corrected chi connectivity index (χ1v) is 7.81. The molecule has 0 atom stereocenters. The Balaban J connectivity index is 2.62. The summed E-state index contributed by atoms with van der Waals surface area (Å²) in [5.41, 5.74) is -1.57. The van der Waals surface area contributed by atoms with Gasteiger partial charge < -0.3 is 9.47 Å². The molecule has 0 aromatic heterocycles. The van der Waals surface area contributed by atoms with E-state index in [1.807, 2.05) is 0 Å². The SMILES string of the molecule is COc1c([N+](=O)[O-])cc(S(=O)(=O)N2CCOCC2)cc1[N+](=O)[O-]. The molecular weight excluding hydrogens is 334 g/mol. The lowest BCUT2D eigenvalue weighted by Gasteiger charge is -2.25. The summed E-state index contributed by atoms with van der Waals surface area (Å²) in [6.07, 6.45) is 0. The second-order valence-electron chi connectivity index (χ2n) is 4.53.